The van der Waals surface area contributed by atoms with E-state index in [0.717, 1.165) is 23.0 Å². The molecule has 0 bridgehead atoms. The van der Waals surface area contributed by atoms with E-state index in [1.165, 1.54) is 0 Å². The first-order valence-corrected chi connectivity index (χ1v) is 10.5. The van der Waals surface area contributed by atoms with Crippen molar-refractivity contribution in [3.05, 3.63) is 70.1 Å². The minimum absolute atomic E-state index is 0.106. The molecule has 9 nitrogen and oxygen atoms in total. The molecular weight excluding hydrogens is 410 g/mol. The van der Waals surface area contributed by atoms with Crippen LogP contribution in [0.15, 0.2) is 53.3 Å². The van der Waals surface area contributed by atoms with Gasteiger partial charge in [-0.2, -0.15) is 0 Å². The molecular formula is C23H27N5O4. The maximum atomic E-state index is 12.8. The molecule has 0 saturated carbocycles. The van der Waals surface area contributed by atoms with Gasteiger partial charge in [-0.3, -0.25) is 23.5 Å². The number of carbonyl (C=O) groups is 3. The van der Waals surface area contributed by atoms with E-state index < -0.39 is 11.8 Å². The number of imidazole rings is 1. The number of primary amides is 1. The van der Waals surface area contributed by atoms with Gasteiger partial charge in [0.15, 0.2) is 0 Å². The first-order valence-electron chi connectivity index (χ1n) is 10.5. The third-order valence-corrected chi connectivity index (χ3v) is 5.06. The van der Waals surface area contributed by atoms with E-state index in [-0.39, 0.29) is 24.6 Å². The molecule has 2 aromatic carbocycles. The molecule has 3 rings (SSSR count). The number of nitrogens with zero attached hydrogens (tertiary/aromatic N) is 2. The number of fused-ring (bicyclic) bond motifs is 1. The zero-order chi connectivity index (χ0) is 23.1. The number of hydrogen-bond donors (Lipinski definition) is 3. The van der Waals surface area contributed by atoms with Crippen LogP contribution in [0.25, 0.3) is 11.0 Å². The van der Waals surface area contributed by atoms with Gasteiger partial charge in [-0.25, -0.2) is 4.79 Å². The Morgan fingerprint density at radius 3 is 2.12 bits per heavy atom. The van der Waals surface area contributed by atoms with Gasteiger partial charge >= 0.3 is 5.69 Å². The van der Waals surface area contributed by atoms with Crippen LogP contribution in [0.3, 0.4) is 0 Å². The van der Waals surface area contributed by atoms with Crippen LogP contribution in [0.1, 0.15) is 35.7 Å². The average Bonchev–Trinajstić information content (AvgIpc) is 3.06. The average molecular weight is 438 g/mol. The summed E-state index contributed by atoms with van der Waals surface area (Å²) >= 11 is 0. The summed E-state index contributed by atoms with van der Waals surface area (Å²) in [5.41, 5.74) is 7.81. The predicted molar refractivity (Wildman–Crippen MR) is 121 cm³/mol. The van der Waals surface area contributed by atoms with E-state index in [0.29, 0.717) is 25.2 Å². The molecule has 168 valence electrons. The van der Waals surface area contributed by atoms with Crippen molar-refractivity contribution in [3.63, 3.8) is 0 Å². The smallest absolute Gasteiger partial charge is 0.329 e. The van der Waals surface area contributed by atoms with Gasteiger partial charge in [-0.15, -0.1) is 0 Å². The van der Waals surface area contributed by atoms with Crippen molar-refractivity contribution in [2.45, 2.75) is 39.4 Å². The van der Waals surface area contributed by atoms with Crippen molar-refractivity contribution in [2.24, 2.45) is 5.73 Å². The molecule has 3 aromatic rings. The highest BCUT2D eigenvalue weighted by Gasteiger charge is 2.13. The largest absolute Gasteiger partial charge is 0.368 e. The molecule has 4 N–H and O–H groups in total. The number of nitrogens with one attached hydrogen (secondary N) is 2. The number of rotatable bonds is 10. The molecule has 0 aliphatic rings. The summed E-state index contributed by atoms with van der Waals surface area (Å²) in [5, 5.41) is 5.25. The molecule has 0 atom stereocenters. The van der Waals surface area contributed by atoms with E-state index in [1.807, 2.05) is 31.2 Å². The molecule has 9 heteroatoms. The standard InChI is InChI=1S/C23H27N5O4/c1-2-12-27-18-5-3-4-6-19(18)28(23(27)32)13-11-21(30)25-14-16-7-9-17(10-8-16)22(31)26-15-20(24)29/h3-10H,2,11-15H2,1H3,(H2,24,29)(H,25,30)(H,26,31). The fourth-order valence-electron chi connectivity index (χ4n) is 3.47. The van der Waals surface area contributed by atoms with Crippen LogP contribution in [0.5, 0.6) is 0 Å². The zero-order valence-corrected chi connectivity index (χ0v) is 18.0. The summed E-state index contributed by atoms with van der Waals surface area (Å²) in [6, 6.07) is 14.3. The normalized spacial score (nSPS) is 10.8. The Morgan fingerprint density at radius 2 is 1.53 bits per heavy atom. The lowest BCUT2D eigenvalue weighted by Gasteiger charge is -2.08. The highest BCUT2D eigenvalue weighted by Crippen LogP contribution is 2.13. The lowest BCUT2D eigenvalue weighted by atomic mass is 10.1. The summed E-state index contributed by atoms with van der Waals surface area (Å²) in [5.74, 6) is -1.19. The van der Waals surface area contributed by atoms with Crippen molar-refractivity contribution in [1.29, 1.82) is 0 Å². The Balaban J connectivity index is 1.56. The van der Waals surface area contributed by atoms with Crippen LogP contribution < -0.4 is 22.1 Å². The topological polar surface area (TPSA) is 128 Å². The third-order valence-electron chi connectivity index (χ3n) is 5.06. The molecule has 1 heterocycles. The Bertz CT molecular complexity index is 1180. The van der Waals surface area contributed by atoms with Crippen LogP contribution in [-0.2, 0) is 29.2 Å². The SMILES string of the molecule is CCCn1c(=O)n(CCC(=O)NCc2ccc(C(=O)NCC(N)=O)cc2)c2ccccc21. The highest BCUT2D eigenvalue weighted by atomic mass is 16.2. The number of para-hydroxylation sites is 2. The number of carbonyl (C=O) groups excluding carboxylic acids is 3. The maximum absolute atomic E-state index is 12.8. The molecule has 0 aliphatic heterocycles. The Labute approximate surface area is 185 Å². The minimum atomic E-state index is -0.616. The fraction of sp³-hybridized carbons (Fsp3) is 0.304. The van der Waals surface area contributed by atoms with Gasteiger partial charge in [0.2, 0.25) is 11.8 Å². The molecule has 0 radical (unpaired) electrons. The Hall–Kier alpha value is -3.88. The van der Waals surface area contributed by atoms with Crippen LogP contribution in [0.2, 0.25) is 0 Å². The molecule has 1 aromatic heterocycles. The molecule has 0 saturated heterocycles. The lowest BCUT2D eigenvalue weighted by Crippen LogP contribution is -2.33. The molecule has 0 fully saturated rings. The van der Waals surface area contributed by atoms with E-state index in [4.69, 9.17) is 5.73 Å². The maximum Gasteiger partial charge on any atom is 0.329 e. The summed E-state index contributed by atoms with van der Waals surface area (Å²) in [6.07, 6.45) is 1.02. The van der Waals surface area contributed by atoms with E-state index in [9.17, 15) is 19.2 Å². The highest BCUT2D eigenvalue weighted by molar-refractivity contribution is 5.96. The second kappa shape index (κ2) is 10.4. The van der Waals surface area contributed by atoms with E-state index >= 15 is 0 Å². The number of hydrogen-bond acceptors (Lipinski definition) is 4. The first-order chi connectivity index (χ1) is 15.4. The van der Waals surface area contributed by atoms with E-state index in [1.54, 1.807) is 33.4 Å². The van der Waals surface area contributed by atoms with Gasteiger partial charge in [-0.05, 0) is 36.2 Å². The second-order valence-electron chi connectivity index (χ2n) is 7.45. The predicted octanol–water partition coefficient (Wildman–Crippen LogP) is 1.13. The fourth-order valence-corrected chi connectivity index (χ4v) is 3.47. The van der Waals surface area contributed by atoms with Crippen molar-refractivity contribution < 1.29 is 14.4 Å². The van der Waals surface area contributed by atoms with E-state index in [2.05, 4.69) is 10.6 Å². The van der Waals surface area contributed by atoms with Crippen molar-refractivity contribution in [2.75, 3.05) is 6.54 Å². The minimum Gasteiger partial charge on any atom is -0.368 e. The lowest BCUT2D eigenvalue weighted by molar-refractivity contribution is -0.121. The number of aryl methyl sites for hydroxylation is 2. The van der Waals surface area contributed by atoms with Crippen molar-refractivity contribution in [3.8, 4) is 0 Å². The third kappa shape index (κ3) is 5.42. The van der Waals surface area contributed by atoms with Crippen LogP contribution >= 0.6 is 0 Å². The number of amides is 3. The number of aromatic nitrogens is 2. The van der Waals surface area contributed by atoms with Gasteiger partial charge in [-0.1, -0.05) is 31.2 Å². The molecule has 0 aliphatic carbocycles. The summed E-state index contributed by atoms with van der Waals surface area (Å²) in [4.78, 5) is 47.8. The zero-order valence-electron chi connectivity index (χ0n) is 18.0. The quantitative estimate of drug-likeness (QED) is 0.439. The monoisotopic (exact) mass is 437 g/mol. The summed E-state index contributed by atoms with van der Waals surface area (Å²) in [7, 11) is 0. The van der Waals surface area contributed by atoms with Gasteiger partial charge in [0.1, 0.15) is 0 Å². The Morgan fingerprint density at radius 1 is 0.906 bits per heavy atom. The molecule has 3 amide bonds. The summed E-state index contributed by atoms with van der Waals surface area (Å²) < 4.78 is 3.39. The van der Waals surface area contributed by atoms with Crippen LogP contribution in [0, 0.1) is 0 Å². The van der Waals surface area contributed by atoms with Gasteiger partial charge < -0.3 is 16.4 Å². The first kappa shape index (κ1) is 22.8. The summed E-state index contributed by atoms with van der Waals surface area (Å²) in [6.45, 7) is 3.02. The van der Waals surface area contributed by atoms with Gasteiger partial charge in [0, 0.05) is 31.6 Å². The number of nitrogens with two attached hydrogens (primary N) is 1. The second-order valence-corrected chi connectivity index (χ2v) is 7.45. The van der Waals surface area contributed by atoms with Crippen molar-refractivity contribution >= 4 is 28.8 Å². The molecule has 0 unspecified atom stereocenters. The number of benzene rings is 2. The molecule has 0 spiro atoms. The Kier molecular flexibility index (Phi) is 7.43. The van der Waals surface area contributed by atoms with Gasteiger partial charge in [0.05, 0.1) is 17.6 Å². The van der Waals surface area contributed by atoms with Gasteiger partial charge in [0.25, 0.3) is 5.91 Å². The molecule has 32 heavy (non-hydrogen) atoms. The van der Waals surface area contributed by atoms with Crippen molar-refractivity contribution in [1.82, 2.24) is 19.8 Å². The van der Waals surface area contributed by atoms with Crippen LogP contribution in [0.4, 0.5) is 0 Å². The van der Waals surface area contributed by atoms with Crippen LogP contribution in [-0.4, -0.2) is 33.4 Å².